The van der Waals surface area contributed by atoms with Crippen molar-refractivity contribution in [2.45, 2.75) is 63.3 Å². The lowest BCUT2D eigenvalue weighted by Crippen LogP contribution is -2.58. The van der Waals surface area contributed by atoms with Gasteiger partial charge in [0.15, 0.2) is 0 Å². The van der Waals surface area contributed by atoms with Crippen molar-refractivity contribution in [1.29, 1.82) is 0 Å². The highest BCUT2D eigenvalue weighted by Gasteiger charge is 2.40. The molecule has 1 aromatic rings. The van der Waals surface area contributed by atoms with Gasteiger partial charge in [-0.2, -0.15) is 0 Å². The maximum absolute atomic E-state index is 12.8. The van der Waals surface area contributed by atoms with Gasteiger partial charge in [-0.15, -0.1) is 11.8 Å². The van der Waals surface area contributed by atoms with Gasteiger partial charge in [0.1, 0.15) is 11.9 Å². The molecule has 2 aliphatic rings. The van der Waals surface area contributed by atoms with Crippen molar-refractivity contribution in [3.63, 3.8) is 0 Å². The van der Waals surface area contributed by atoms with Crippen molar-refractivity contribution >= 4 is 23.6 Å². The van der Waals surface area contributed by atoms with E-state index in [0.29, 0.717) is 17.7 Å². The van der Waals surface area contributed by atoms with Crippen molar-refractivity contribution in [2.75, 3.05) is 18.8 Å². The molecule has 0 saturated carbocycles. The summed E-state index contributed by atoms with van der Waals surface area (Å²) < 4.78 is 1.78. The van der Waals surface area contributed by atoms with Crippen LogP contribution in [0.15, 0.2) is 12.4 Å². The molecule has 1 atom stereocenters. The Hall–Kier alpha value is -1.50. The zero-order chi connectivity index (χ0) is 18.2. The molecule has 1 unspecified atom stereocenters. The summed E-state index contributed by atoms with van der Waals surface area (Å²) in [6.07, 6.45) is 5.75. The number of nitrogens with one attached hydrogen (secondary N) is 1. The number of hydrogen-bond acceptors (Lipinski definition) is 4. The molecule has 2 amide bonds. The third kappa shape index (κ3) is 3.71. The van der Waals surface area contributed by atoms with Gasteiger partial charge in [-0.1, -0.05) is 0 Å². The van der Waals surface area contributed by atoms with Gasteiger partial charge in [0.25, 0.3) is 0 Å². The quantitative estimate of drug-likeness (QED) is 0.893. The molecule has 6 nitrogen and oxygen atoms in total. The molecule has 1 aromatic heterocycles. The molecule has 0 bridgehead atoms. The first-order valence-corrected chi connectivity index (χ1v) is 10.0. The molecule has 0 aliphatic carbocycles. The SMILES string of the molecule is CC(C)n1ccnc1C1CCN(C(=O)C2CSC(C)(C)C(=O)N2)CC1. The van der Waals surface area contributed by atoms with Crippen LogP contribution in [0.5, 0.6) is 0 Å². The van der Waals surface area contributed by atoms with Crippen LogP contribution < -0.4 is 5.32 Å². The third-order valence-corrected chi connectivity index (χ3v) is 6.59. The van der Waals surface area contributed by atoms with Crippen molar-refractivity contribution in [3.05, 3.63) is 18.2 Å². The van der Waals surface area contributed by atoms with E-state index in [4.69, 9.17) is 0 Å². The van der Waals surface area contributed by atoms with Crippen LogP contribution in [0, 0.1) is 0 Å². The first-order valence-electron chi connectivity index (χ1n) is 9.06. The molecular weight excluding hydrogens is 336 g/mol. The van der Waals surface area contributed by atoms with E-state index in [1.165, 1.54) is 0 Å². The van der Waals surface area contributed by atoms with Crippen molar-refractivity contribution in [2.24, 2.45) is 0 Å². The van der Waals surface area contributed by atoms with Crippen LogP contribution in [0.2, 0.25) is 0 Å². The van der Waals surface area contributed by atoms with Crippen LogP contribution in [0.4, 0.5) is 0 Å². The number of carbonyl (C=O) groups excluding carboxylic acids is 2. The van der Waals surface area contributed by atoms with Gasteiger partial charge in [-0.05, 0) is 40.5 Å². The Bertz CT molecular complexity index is 647. The average molecular weight is 365 g/mol. The number of amides is 2. The van der Waals surface area contributed by atoms with Crippen molar-refractivity contribution in [3.8, 4) is 0 Å². The molecule has 7 heteroatoms. The smallest absolute Gasteiger partial charge is 0.246 e. The Morgan fingerprint density at radius 3 is 2.64 bits per heavy atom. The number of rotatable bonds is 3. The lowest BCUT2D eigenvalue weighted by Gasteiger charge is -2.38. The van der Waals surface area contributed by atoms with Crippen LogP contribution in [-0.4, -0.2) is 55.9 Å². The Kier molecular flexibility index (Phi) is 5.14. The van der Waals surface area contributed by atoms with Crippen LogP contribution in [0.1, 0.15) is 58.3 Å². The van der Waals surface area contributed by atoms with Gasteiger partial charge in [0.05, 0.1) is 4.75 Å². The highest BCUT2D eigenvalue weighted by Crippen LogP contribution is 2.31. The maximum atomic E-state index is 12.8. The number of carbonyl (C=O) groups is 2. The Morgan fingerprint density at radius 2 is 2.04 bits per heavy atom. The summed E-state index contributed by atoms with van der Waals surface area (Å²) in [7, 11) is 0. The van der Waals surface area contributed by atoms with E-state index in [-0.39, 0.29) is 17.9 Å². The minimum Gasteiger partial charge on any atom is -0.342 e. The predicted octanol–water partition coefficient (Wildman–Crippen LogP) is 2.18. The molecule has 0 radical (unpaired) electrons. The number of likely N-dealkylation sites (tertiary alicyclic amines) is 1. The van der Waals surface area contributed by atoms with Crippen LogP contribution in [0.3, 0.4) is 0 Å². The molecule has 3 rings (SSSR count). The van der Waals surface area contributed by atoms with E-state index in [2.05, 4.69) is 28.7 Å². The zero-order valence-electron chi connectivity index (χ0n) is 15.5. The van der Waals surface area contributed by atoms with Gasteiger partial charge in [0, 0.05) is 43.2 Å². The maximum Gasteiger partial charge on any atom is 0.246 e. The summed E-state index contributed by atoms with van der Waals surface area (Å²) >= 11 is 1.56. The molecule has 2 fully saturated rings. The van der Waals surface area contributed by atoms with Crippen LogP contribution in [0.25, 0.3) is 0 Å². The highest BCUT2D eigenvalue weighted by atomic mass is 32.2. The molecule has 0 aromatic carbocycles. The standard InChI is InChI=1S/C18H28N4O2S/c1-12(2)22-10-7-19-15(22)13-5-8-21(9-6-13)16(23)14-11-25-18(3,4)17(24)20-14/h7,10,12-14H,5-6,8-9,11H2,1-4H3,(H,20,24). The van der Waals surface area contributed by atoms with E-state index in [1.54, 1.807) is 11.8 Å². The Morgan fingerprint density at radius 1 is 1.36 bits per heavy atom. The molecule has 3 heterocycles. The Labute approximate surface area is 153 Å². The van der Waals surface area contributed by atoms with E-state index >= 15 is 0 Å². The number of imidazole rings is 1. The summed E-state index contributed by atoms with van der Waals surface area (Å²) in [5.74, 6) is 2.19. The third-order valence-electron chi connectivity index (χ3n) is 5.19. The lowest BCUT2D eigenvalue weighted by atomic mass is 9.95. The first kappa shape index (κ1) is 18.3. The number of nitrogens with zero attached hydrogens (tertiary/aromatic N) is 3. The fourth-order valence-electron chi connectivity index (χ4n) is 3.52. The summed E-state index contributed by atoms with van der Waals surface area (Å²) in [6.45, 7) is 9.58. The minimum atomic E-state index is -0.447. The second kappa shape index (κ2) is 7.02. The predicted molar refractivity (Wildman–Crippen MR) is 99.6 cm³/mol. The van der Waals surface area contributed by atoms with Crippen LogP contribution >= 0.6 is 11.8 Å². The highest BCUT2D eigenvalue weighted by molar-refractivity contribution is 8.01. The number of aromatic nitrogens is 2. The minimum absolute atomic E-state index is 0.0454. The lowest BCUT2D eigenvalue weighted by molar-refractivity contribution is -0.137. The summed E-state index contributed by atoms with van der Waals surface area (Å²) in [5.41, 5.74) is 0. The van der Waals surface area contributed by atoms with E-state index < -0.39 is 4.75 Å². The molecule has 25 heavy (non-hydrogen) atoms. The van der Waals surface area contributed by atoms with Gasteiger partial charge < -0.3 is 14.8 Å². The normalized spacial score (nSPS) is 24.4. The topological polar surface area (TPSA) is 67.2 Å². The molecule has 2 saturated heterocycles. The number of hydrogen-bond donors (Lipinski definition) is 1. The first-order chi connectivity index (χ1) is 11.8. The molecular formula is C18H28N4O2S. The van der Waals surface area contributed by atoms with Crippen molar-refractivity contribution in [1.82, 2.24) is 19.8 Å². The summed E-state index contributed by atoms with van der Waals surface area (Å²) in [4.78, 5) is 31.3. The van der Waals surface area contributed by atoms with Gasteiger partial charge in [-0.3, -0.25) is 9.59 Å². The van der Waals surface area contributed by atoms with E-state index in [9.17, 15) is 9.59 Å². The zero-order valence-corrected chi connectivity index (χ0v) is 16.3. The fourth-order valence-corrected chi connectivity index (χ4v) is 4.52. The monoisotopic (exact) mass is 364 g/mol. The number of thioether (sulfide) groups is 1. The molecule has 1 N–H and O–H groups in total. The van der Waals surface area contributed by atoms with E-state index in [0.717, 1.165) is 31.8 Å². The fraction of sp³-hybridized carbons (Fsp3) is 0.722. The largest absolute Gasteiger partial charge is 0.342 e. The molecule has 138 valence electrons. The number of piperidine rings is 1. The second-order valence-electron chi connectivity index (χ2n) is 7.73. The second-order valence-corrected chi connectivity index (χ2v) is 9.38. The summed E-state index contributed by atoms with van der Waals surface area (Å²) in [5, 5.41) is 2.90. The van der Waals surface area contributed by atoms with Gasteiger partial charge >= 0.3 is 0 Å². The van der Waals surface area contributed by atoms with E-state index in [1.807, 2.05) is 31.1 Å². The van der Waals surface area contributed by atoms with Gasteiger partial charge in [0.2, 0.25) is 11.8 Å². The van der Waals surface area contributed by atoms with Crippen LogP contribution in [-0.2, 0) is 9.59 Å². The van der Waals surface area contributed by atoms with Gasteiger partial charge in [-0.25, -0.2) is 4.98 Å². The Balaban J connectivity index is 1.58. The molecule has 2 aliphatic heterocycles. The average Bonchev–Trinajstić information content (AvgIpc) is 3.07. The molecule has 0 spiro atoms. The van der Waals surface area contributed by atoms with Crippen molar-refractivity contribution < 1.29 is 9.59 Å². The summed E-state index contributed by atoms with van der Waals surface area (Å²) in [6, 6.07) is 0.00900.